The van der Waals surface area contributed by atoms with Gasteiger partial charge in [-0.1, -0.05) is 6.07 Å². The molecule has 0 saturated carbocycles. The van der Waals surface area contributed by atoms with Crippen LogP contribution in [0.4, 0.5) is 4.39 Å². The van der Waals surface area contributed by atoms with Gasteiger partial charge in [0, 0.05) is 17.6 Å². The lowest BCUT2D eigenvalue weighted by Gasteiger charge is -2.22. The first-order valence-electron chi connectivity index (χ1n) is 6.95. The second-order valence-electron chi connectivity index (χ2n) is 6.24. The van der Waals surface area contributed by atoms with E-state index < -0.39 is 0 Å². The molecule has 0 radical (unpaired) electrons. The van der Waals surface area contributed by atoms with Crippen LogP contribution in [0.15, 0.2) is 22.7 Å². The number of nitrogens with zero attached hydrogens (tertiary/aromatic N) is 2. The van der Waals surface area contributed by atoms with Gasteiger partial charge in [0.05, 0.1) is 21.5 Å². The standard InChI is InChI=1S/C16H21BrFN3/c1-10-15(17)11(2)21(20-10)14-8-6-7-13(18)12(14)9-19-16(3,4)5/h6-8,19H,9H2,1-5H3. The van der Waals surface area contributed by atoms with Crippen LogP contribution in [0.25, 0.3) is 5.69 Å². The molecule has 0 saturated heterocycles. The predicted molar refractivity (Wildman–Crippen MR) is 87.3 cm³/mol. The lowest BCUT2D eigenvalue weighted by Crippen LogP contribution is -2.35. The van der Waals surface area contributed by atoms with Crippen molar-refractivity contribution < 1.29 is 4.39 Å². The molecule has 1 N–H and O–H groups in total. The summed E-state index contributed by atoms with van der Waals surface area (Å²) >= 11 is 3.52. The molecule has 0 spiro atoms. The zero-order valence-corrected chi connectivity index (χ0v) is 14.7. The van der Waals surface area contributed by atoms with Crippen molar-refractivity contribution in [2.75, 3.05) is 0 Å². The number of benzene rings is 1. The summed E-state index contributed by atoms with van der Waals surface area (Å²) in [4.78, 5) is 0. The van der Waals surface area contributed by atoms with Crippen molar-refractivity contribution in [2.24, 2.45) is 0 Å². The third kappa shape index (κ3) is 3.52. The fourth-order valence-corrected chi connectivity index (χ4v) is 2.38. The molecule has 1 aromatic carbocycles. The number of aromatic nitrogens is 2. The summed E-state index contributed by atoms with van der Waals surface area (Å²) in [6, 6.07) is 5.11. The van der Waals surface area contributed by atoms with E-state index in [1.165, 1.54) is 6.07 Å². The highest BCUT2D eigenvalue weighted by molar-refractivity contribution is 9.10. The third-order valence-electron chi connectivity index (χ3n) is 3.32. The van der Waals surface area contributed by atoms with Crippen molar-refractivity contribution >= 4 is 15.9 Å². The highest BCUT2D eigenvalue weighted by Gasteiger charge is 2.17. The van der Waals surface area contributed by atoms with Gasteiger partial charge in [0.2, 0.25) is 0 Å². The molecule has 0 aliphatic heterocycles. The van der Waals surface area contributed by atoms with Crippen LogP contribution in [0, 0.1) is 19.7 Å². The highest BCUT2D eigenvalue weighted by atomic mass is 79.9. The van der Waals surface area contributed by atoms with Crippen LogP contribution in [0.3, 0.4) is 0 Å². The number of halogens is 2. The molecule has 114 valence electrons. The fraction of sp³-hybridized carbons (Fsp3) is 0.438. The Morgan fingerprint density at radius 2 is 1.95 bits per heavy atom. The minimum Gasteiger partial charge on any atom is -0.308 e. The second-order valence-corrected chi connectivity index (χ2v) is 7.03. The van der Waals surface area contributed by atoms with Gasteiger partial charge >= 0.3 is 0 Å². The van der Waals surface area contributed by atoms with E-state index in [1.54, 1.807) is 10.7 Å². The molecule has 0 aliphatic rings. The largest absolute Gasteiger partial charge is 0.308 e. The van der Waals surface area contributed by atoms with Gasteiger partial charge < -0.3 is 5.32 Å². The normalized spacial score (nSPS) is 12.0. The number of rotatable bonds is 3. The van der Waals surface area contributed by atoms with Crippen LogP contribution in [0.5, 0.6) is 0 Å². The van der Waals surface area contributed by atoms with Crippen LogP contribution in [-0.4, -0.2) is 15.3 Å². The van der Waals surface area contributed by atoms with E-state index >= 15 is 0 Å². The van der Waals surface area contributed by atoms with Gasteiger partial charge in [-0.3, -0.25) is 0 Å². The van der Waals surface area contributed by atoms with Crippen LogP contribution >= 0.6 is 15.9 Å². The third-order valence-corrected chi connectivity index (χ3v) is 4.47. The molecule has 0 fully saturated rings. The molecule has 1 heterocycles. The molecular formula is C16H21BrFN3. The Kier molecular flexibility index (Phi) is 4.54. The number of aryl methyl sites for hydroxylation is 1. The van der Waals surface area contributed by atoms with Crippen molar-refractivity contribution in [1.82, 2.24) is 15.1 Å². The number of nitrogens with one attached hydrogen (secondary N) is 1. The number of hydrogen-bond donors (Lipinski definition) is 1. The molecule has 21 heavy (non-hydrogen) atoms. The summed E-state index contributed by atoms with van der Waals surface area (Å²) in [5.41, 5.74) is 3.19. The van der Waals surface area contributed by atoms with Crippen molar-refractivity contribution in [1.29, 1.82) is 0 Å². The van der Waals surface area contributed by atoms with E-state index in [0.717, 1.165) is 21.5 Å². The van der Waals surface area contributed by atoms with E-state index in [2.05, 4.69) is 47.1 Å². The Balaban J connectivity index is 2.49. The monoisotopic (exact) mass is 353 g/mol. The van der Waals surface area contributed by atoms with E-state index in [1.807, 2.05) is 19.9 Å². The molecule has 0 aliphatic carbocycles. The van der Waals surface area contributed by atoms with E-state index in [0.29, 0.717) is 12.1 Å². The Bertz CT molecular complexity index is 656. The first kappa shape index (κ1) is 16.2. The summed E-state index contributed by atoms with van der Waals surface area (Å²) in [6.45, 7) is 10.5. The lowest BCUT2D eigenvalue weighted by atomic mass is 10.1. The zero-order chi connectivity index (χ0) is 15.8. The molecule has 0 unspecified atom stereocenters. The molecule has 2 rings (SSSR count). The van der Waals surface area contributed by atoms with Gasteiger partial charge in [-0.15, -0.1) is 0 Å². The van der Waals surface area contributed by atoms with Gasteiger partial charge in [0.25, 0.3) is 0 Å². The molecule has 5 heteroatoms. The topological polar surface area (TPSA) is 29.9 Å². The SMILES string of the molecule is Cc1nn(-c2cccc(F)c2CNC(C)(C)C)c(C)c1Br. The molecule has 1 aromatic heterocycles. The fourth-order valence-electron chi connectivity index (χ4n) is 2.13. The van der Waals surface area contributed by atoms with Crippen LogP contribution < -0.4 is 5.32 Å². The van der Waals surface area contributed by atoms with E-state index in [-0.39, 0.29) is 11.4 Å². The van der Waals surface area contributed by atoms with Crippen molar-refractivity contribution in [3.63, 3.8) is 0 Å². The molecule has 2 aromatic rings. The molecule has 3 nitrogen and oxygen atoms in total. The first-order chi connectivity index (χ1) is 9.70. The Morgan fingerprint density at radius 1 is 1.29 bits per heavy atom. The lowest BCUT2D eigenvalue weighted by molar-refractivity contribution is 0.418. The van der Waals surface area contributed by atoms with Crippen LogP contribution in [0.2, 0.25) is 0 Å². The number of hydrogen-bond acceptors (Lipinski definition) is 2. The summed E-state index contributed by atoms with van der Waals surface area (Å²) in [7, 11) is 0. The van der Waals surface area contributed by atoms with E-state index in [9.17, 15) is 4.39 Å². The van der Waals surface area contributed by atoms with Gasteiger partial charge in [-0.2, -0.15) is 5.10 Å². The Hall–Kier alpha value is -1.20. The molecule has 0 bridgehead atoms. The van der Waals surface area contributed by atoms with E-state index in [4.69, 9.17) is 0 Å². The van der Waals surface area contributed by atoms with Crippen molar-refractivity contribution in [2.45, 2.75) is 46.7 Å². The minimum absolute atomic E-state index is 0.0742. The summed E-state index contributed by atoms with van der Waals surface area (Å²) in [5.74, 6) is -0.215. The summed E-state index contributed by atoms with van der Waals surface area (Å²) in [5, 5.41) is 7.84. The molecular weight excluding hydrogens is 333 g/mol. The van der Waals surface area contributed by atoms with Gasteiger partial charge in [0.1, 0.15) is 5.82 Å². The maximum absolute atomic E-state index is 14.3. The van der Waals surface area contributed by atoms with Crippen LogP contribution in [-0.2, 0) is 6.54 Å². The van der Waals surface area contributed by atoms with Gasteiger partial charge in [-0.05, 0) is 62.7 Å². The summed E-state index contributed by atoms with van der Waals surface area (Å²) in [6.07, 6.45) is 0. The average molecular weight is 354 g/mol. The average Bonchev–Trinajstić information content (AvgIpc) is 2.64. The second kappa shape index (κ2) is 5.89. The van der Waals surface area contributed by atoms with Crippen molar-refractivity contribution in [3.05, 3.63) is 45.4 Å². The first-order valence-corrected chi connectivity index (χ1v) is 7.74. The van der Waals surface area contributed by atoms with Crippen LogP contribution in [0.1, 0.15) is 37.7 Å². The Morgan fingerprint density at radius 3 is 2.48 bits per heavy atom. The minimum atomic E-state index is -0.215. The highest BCUT2D eigenvalue weighted by Crippen LogP contribution is 2.26. The maximum atomic E-state index is 14.3. The predicted octanol–water partition coefficient (Wildman–Crippen LogP) is 4.28. The summed E-state index contributed by atoms with van der Waals surface area (Å²) < 4.78 is 17.0. The molecule has 0 atom stereocenters. The Labute approximate surface area is 133 Å². The maximum Gasteiger partial charge on any atom is 0.129 e. The van der Waals surface area contributed by atoms with Gasteiger partial charge in [0.15, 0.2) is 0 Å². The molecule has 0 amide bonds. The van der Waals surface area contributed by atoms with Gasteiger partial charge in [-0.25, -0.2) is 9.07 Å². The smallest absolute Gasteiger partial charge is 0.129 e. The van der Waals surface area contributed by atoms with Crippen molar-refractivity contribution in [3.8, 4) is 5.69 Å². The quantitative estimate of drug-likeness (QED) is 0.892. The zero-order valence-electron chi connectivity index (χ0n) is 13.1.